The number of nitrogens with zero attached hydrogens (tertiary/aromatic N) is 3. The Kier molecular flexibility index (Phi) is 4.71. The van der Waals surface area contributed by atoms with Gasteiger partial charge in [0.2, 0.25) is 0 Å². The number of hydrogen-bond acceptors (Lipinski definition) is 4. The standard InChI is InChI=1S/C23H20F2N6/c1-3-26-9-14-10-27-11-17(12(14)2)13-4-5-19-16(6-13)21(31-30-19)23-28-20-8-15(24)7-18(25)22(20)29-23/h4-8,10-11,26H,3,9H2,1-2H3,(H,28,29)(H,30,31). The van der Waals surface area contributed by atoms with Gasteiger partial charge in [-0.2, -0.15) is 5.10 Å². The Hall–Kier alpha value is -3.65. The molecule has 0 bridgehead atoms. The second-order valence-corrected chi connectivity index (χ2v) is 7.45. The second-order valence-electron chi connectivity index (χ2n) is 7.45. The Morgan fingerprint density at radius 2 is 1.94 bits per heavy atom. The van der Waals surface area contributed by atoms with Crippen LogP contribution in [0.4, 0.5) is 8.78 Å². The van der Waals surface area contributed by atoms with Crippen LogP contribution in [0.3, 0.4) is 0 Å². The van der Waals surface area contributed by atoms with Gasteiger partial charge in [0.1, 0.15) is 17.0 Å². The average molecular weight is 418 g/mol. The van der Waals surface area contributed by atoms with E-state index < -0.39 is 11.6 Å². The zero-order valence-corrected chi connectivity index (χ0v) is 17.1. The van der Waals surface area contributed by atoms with Crippen molar-refractivity contribution in [3.63, 3.8) is 0 Å². The zero-order chi connectivity index (χ0) is 21.5. The van der Waals surface area contributed by atoms with Gasteiger partial charge in [0.15, 0.2) is 11.6 Å². The molecule has 0 spiro atoms. The summed E-state index contributed by atoms with van der Waals surface area (Å²) in [4.78, 5) is 11.7. The lowest BCUT2D eigenvalue weighted by Gasteiger charge is -2.11. The molecule has 8 heteroatoms. The molecule has 0 fully saturated rings. The summed E-state index contributed by atoms with van der Waals surface area (Å²) >= 11 is 0. The molecule has 3 heterocycles. The van der Waals surface area contributed by atoms with Gasteiger partial charge >= 0.3 is 0 Å². The van der Waals surface area contributed by atoms with Gasteiger partial charge in [-0.25, -0.2) is 13.8 Å². The van der Waals surface area contributed by atoms with E-state index in [0.717, 1.165) is 52.3 Å². The molecule has 3 N–H and O–H groups in total. The van der Waals surface area contributed by atoms with Gasteiger partial charge in [0.25, 0.3) is 0 Å². The normalized spacial score (nSPS) is 11.6. The van der Waals surface area contributed by atoms with Crippen molar-refractivity contribution in [3.05, 3.63) is 65.5 Å². The smallest absolute Gasteiger partial charge is 0.159 e. The van der Waals surface area contributed by atoms with Crippen molar-refractivity contribution < 1.29 is 8.78 Å². The Morgan fingerprint density at radius 1 is 1.06 bits per heavy atom. The van der Waals surface area contributed by atoms with Gasteiger partial charge in [-0.1, -0.05) is 13.0 Å². The summed E-state index contributed by atoms with van der Waals surface area (Å²) in [6.07, 6.45) is 3.73. The Bertz CT molecular complexity index is 1420. The molecule has 31 heavy (non-hydrogen) atoms. The Labute approximate surface area is 176 Å². The summed E-state index contributed by atoms with van der Waals surface area (Å²) in [5, 5.41) is 11.5. The first-order valence-electron chi connectivity index (χ1n) is 10.0. The van der Waals surface area contributed by atoms with Crippen LogP contribution in [0, 0.1) is 18.6 Å². The van der Waals surface area contributed by atoms with Crippen LogP contribution in [0.15, 0.2) is 42.7 Å². The molecule has 6 nitrogen and oxygen atoms in total. The van der Waals surface area contributed by atoms with Crippen molar-refractivity contribution in [2.45, 2.75) is 20.4 Å². The number of benzene rings is 2. The van der Waals surface area contributed by atoms with Crippen molar-refractivity contribution in [1.82, 2.24) is 30.5 Å². The predicted molar refractivity (Wildman–Crippen MR) is 116 cm³/mol. The van der Waals surface area contributed by atoms with Crippen LogP contribution in [0.2, 0.25) is 0 Å². The lowest BCUT2D eigenvalue weighted by atomic mass is 9.98. The van der Waals surface area contributed by atoms with Crippen LogP contribution in [-0.4, -0.2) is 31.7 Å². The van der Waals surface area contributed by atoms with E-state index in [9.17, 15) is 8.78 Å². The monoisotopic (exact) mass is 418 g/mol. The van der Waals surface area contributed by atoms with E-state index in [4.69, 9.17) is 0 Å². The molecule has 0 aliphatic rings. The van der Waals surface area contributed by atoms with Crippen LogP contribution in [0.1, 0.15) is 18.1 Å². The first-order chi connectivity index (χ1) is 15.0. The first kappa shape index (κ1) is 19.3. The maximum atomic E-state index is 14.1. The highest BCUT2D eigenvalue weighted by Gasteiger charge is 2.17. The summed E-state index contributed by atoms with van der Waals surface area (Å²) in [7, 11) is 0. The zero-order valence-electron chi connectivity index (χ0n) is 17.1. The molecule has 3 aromatic heterocycles. The van der Waals surface area contributed by atoms with E-state index in [1.54, 1.807) is 0 Å². The van der Waals surface area contributed by atoms with Gasteiger partial charge in [-0.3, -0.25) is 10.1 Å². The Balaban J connectivity index is 1.62. The molecule has 5 rings (SSSR count). The fourth-order valence-corrected chi connectivity index (χ4v) is 3.81. The third kappa shape index (κ3) is 3.34. The molecule has 0 saturated carbocycles. The number of halogens is 2. The van der Waals surface area contributed by atoms with E-state index in [0.29, 0.717) is 11.5 Å². The van der Waals surface area contributed by atoms with Crippen LogP contribution < -0.4 is 5.32 Å². The average Bonchev–Trinajstić information content (AvgIpc) is 3.36. The molecule has 156 valence electrons. The number of aromatic nitrogens is 5. The number of fused-ring (bicyclic) bond motifs is 2. The van der Waals surface area contributed by atoms with E-state index in [1.165, 1.54) is 6.07 Å². The summed E-state index contributed by atoms with van der Waals surface area (Å²) < 4.78 is 27.7. The highest BCUT2D eigenvalue weighted by atomic mass is 19.1. The van der Waals surface area contributed by atoms with Gasteiger partial charge < -0.3 is 10.3 Å². The van der Waals surface area contributed by atoms with Crippen molar-refractivity contribution in [2.24, 2.45) is 0 Å². The lowest BCUT2D eigenvalue weighted by Crippen LogP contribution is -2.13. The number of rotatable bonds is 5. The molecule has 5 aromatic rings. The van der Waals surface area contributed by atoms with Crippen LogP contribution in [0.5, 0.6) is 0 Å². The maximum Gasteiger partial charge on any atom is 0.159 e. The molecular weight excluding hydrogens is 398 g/mol. The molecule has 0 radical (unpaired) electrons. The number of hydrogen-bond donors (Lipinski definition) is 3. The first-order valence-corrected chi connectivity index (χ1v) is 10.0. The molecule has 0 unspecified atom stereocenters. The number of nitrogens with one attached hydrogen (secondary N) is 3. The minimum atomic E-state index is -0.711. The molecular formula is C23H20F2N6. The third-order valence-corrected chi connectivity index (χ3v) is 5.49. The summed E-state index contributed by atoms with van der Waals surface area (Å²) in [6, 6.07) is 8.02. The molecule has 0 aliphatic carbocycles. The van der Waals surface area contributed by atoms with Crippen LogP contribution in [0.25, 0.3) is 44.6 Å². The number of H-pyrrole nitrogens is 2. The van der Waals surface area contributed by atoms with Crippen molar-refractivity contribution in [2.75, 3.05) is 6.54 Å². The third-order valence-electron chi connectivity index (χ3n) is 5.49. The van der Waals surface area contributed by atoms with Gasteiger partial charge in [-0.15, -0.1) is 0 Å². The summed E-state index contributed by atoms with van der Waals surface area (Å²) in [5.74, 6) is -0.995. The lowest BCUT2D eigenvalue weighted by molar-refractivity contribution is 0.590. The summed E-state index contributed by atoms with van der Waals surface area (Å²) in [5.41, 5.74) is 6.05. The van der Waals surface area contributed by atoms with E-state index in [-0.39, 0.29) is 11.0 Å². The largest absolute Gasteiger partial charge is 0.336 e. The number of aromatic amines is 2. The molecule has 0 saturated heterocycles. The maximum absolute atomic E-state index is 14.1. The van der Waals surface area contributed by atoms with E-state index in [1.807, 2.05) is 30.6 Å². The molecule has 0 aliphatic heterocycles. The highest BCUT2D eigenvalue weighted by Crippen LogP contribution is 2.32. The van der Waals surface area contributed by atoms with Crippen molar-refractivity contribution in [3.8, 4) is 22.6 Å². The van der Waals surface area contributed by atoms with E-state index >= 15 is 0 Å². The predicted octanol–water partition coefficient (Wildman–Crippen LogP) is 4.86. The highest BCUT2D eigenvalue weighted by molar-refractivity contribution is 5.96. The minimum Gasteiger partial charge on any atom is -0.336 e. The second kappa shape index (κ2) is 7.55. The SMILES string of the molecule is CCNCc1cncc(-c2ccc3[nH]nc(-c4nc5c(F)cc(F)cc5[nH]4)c3c2)c1C. The number of imidazole rings is 1. The quantitative estimate of drug-likeness (QED) is 0.381. The molecule has 0 atom stereocenters. The van der Waals surface area contributed by atoms with Crippen LogP contribution in [-0.2, 0) is 6.54 Å². The topological polar surface area (TPSA) is 82.3 Å². The Morgan fingerprint density at radius 3 is 2.77 bits per heavy atom. The summed E-state index contributed by atoms with van der Waals surface area (Å²) in [6.45, 7) is 5.79. The fraction of sp³-hybridized carbons (Fsp3) is 0.174. The molecule has 2 aromatic carbocycles. The van der Waals surface area contributed by atoms with Crippen molar-refractivity contribution >= 4 is 21.9 Å². The molecule has 0 amide bonds. The van der Waals surface area contributed by atoms with Gasteiger partial charge in [0.05, 0.1) is 11.0 Å². The van der Waals surface area contributed by atoms with Crippen molar-refractivity contribution in [1.29, 1.82) is 0 Å². The minimum absolute atomic E-state index is 0.0832. The van der Waals surface area contributed by atoms with Gasteiger partial charge in [0, 0.05) is 36.0 Å². The number of pyridine rings is 1. The van der Waals surface area contributed by atoms with E-state index in [2.05, 4.69) is 44.3 Å². The van der Waals surface area contributed by atoms with Crippen LogP contribution >= 0.6 is 0 Å². The fourth-order valence-electron chi connectivity index (χ4n) is 3.81. The van der Waals surface area contributed by atoms with Gasteiger partial charge in [-0.05, 0) is 48.4 Å².